The summed E-state index contributed by atoms with van der Waals surface area (Å²) in [4.78, 5) is 8.28. The van der Waals surface area contributed by atoms with Gasteiger partial charge in [0, 0.05) is 16.9 Å². The molecule has 84 valence electrons. The zero-order valence-corrected chi connectivity index (χ0v) is 9.58. The van der Waals surface area contributed by atoms with Crippen molar-refractivity contribution in [3.63, 3.8) is 0 Å². The van der Waals surface area contributed by atoms with Crippen molar-refractivity contribution in [2.45, 2.75) is 26.2 Å². The van der Waals surface area contributed by atoms with Crippen molar-refractivity contribution in [1.82, 2.24) is 9.97 Å². The normalized spacial score (nSPS) is 12.0. The van der Waals surface area contributed by atoms with E-state index < -0.39 is 0 Å². The molecule has 0 saturated carbocycles. The molecule has 1 heterocycles. The van der Waals surface area contributed by atoms with E-state index in [1.165, 1.54) is 12.1 Å². The van der Waals surface area contributed by atoms with Gasteiger partial charge in [-0.25, -0.2) is 14.4 Å². The van der Waals surface area contributed by atoms with Gasteiger partial charge in [-0.3, -0.25) is 0 Å². The van der Waals surface area contributed by atoms with Crippen LogP contribution in [0, 0.1) is 5.82 Å². The Morgan fingerprint density at radius 3 is 2.50 bits per heavy atom. The molecule has 1 aromatic heterocycles. The van der Waals surface area contributed by atoms with Crippen molar-refractivity contribution < 1.29 is 4.39 Å². The van der Waals surface area contributed by atoms with Gasteiger partial charge in [-0.05, 0) is 12.1 Å². The second-order valence-electron chi connectivity index (χ2n) is 4.84. The first kappa shape index (κ1) is 10.8. The number of halogens is 1. The maximum absolute atomic E-state index is 13.1. The lowest BCUT2D eigenvalue weighted by atomic mass is 9.89. The molecule has 0 fully saturated rings. The van der Waals surface area contributed by atoms with Crippen LogP contribution in [0.3, 0.4) is 0 Å². The highest BCUT2D eigenvalue weighted by Crippen LogP contribution is 2.28. The van der Waals surface area contributed by atoms with Crippen LogP contribution >= 0.6 is 0 Å². The summed E-state index contributed by atoms with van der Waals surface area (Å²) in [6, 6.07) is 4.49. The molecule has 0 radical (unpaired) electrons. The number of anilines is 1. The lowest BCUT2D eigenvalue weighted by molar-refractivity contribution is 0.574. The van der Waals surface area contributed by atoms with Crippen LogP contribution in [0.1, 0.15) is 26.5 Å². The van der Waals surface area contributed by atoms with E-state index >= 15 is 0 Å². The van der Waals surface area contributed by atoms with Crippen LogP contribution in [-0.2, 0) is 5.41 Å². The van der Waals surface area contributed by atoms with Crippen LogP contribution in [0.4, 0.5) is 10.3 Å². The third-order valence-corrected chi connectivity index (χ3v) is 2.39. The molecular formula is C12H14FN3. The van der Waals surface area contributed by atoms with E-state index in [0.717, 1.165) is 11.1 Å². The standard InChI is InChI=1S/C12H14FN3/c1-12(2,3)10-8-5-4-7(13)6-9(8)15-11(14)16-10/h4-6H,1-3H3,(H2,14,15,16). The van der Waals surface area contributed by atoms with Gasteiger partial charge in [0.25, 0.3) is 0 Å². The fourth-order valence-electron chi connectivity index (χ4n) is 1.69. The molecular weight excluding hydrogens is 205 g/mol. The second kappa shape index (κ2) is 3.40. The van der Waals surface area contributed by atoms with E-state index in [9.17, 15) is 4.39 Å². The van der Waals surface area contributed by atoms with Gasteiger partial charge in [-0.1, -0.05) is 20.8 Å². The molecule has 4 heteroatoms. The molecule has 0 spiro atoms. The van der Waals surface area contributed by atoms with Crippen molar-refractivity contribution in [2.24, 2.45) is 0 Å². The van der Waals surface area contributed by atoms with E-state index in [4.69, 9.17) is 5.73 Å². The number of fused-ring (bicyclic) bond motifs is 1. The largest absolute Gasteiger partial charge is 0.368 e. The monoisotopic (exact) mass is 219 g/mol. The van der Waals surface area contributed by atoms with Gasteiger partial charge < -0.3 is 5.73 Å². The van der Waals surface area contributed by atoms with E-state index in [1.807, 2.05) is 20.8 Å². The van der Waals surface area contributed by atoms with Crippen LogP contribution in [0.2, 0.25) is 0 Å². The van der Waals surface area contributed by atoms with Gasteiger partial charge >= 0.3 is 0 Å². The number of hydrogen-bond donors (Lipinski definition) is 1. The molecule has 2 rings (SSSR count). The molecule has 0 atom stereocenters. The van der Waals surface area contributed by atoms with Crippen molar-refractivity contribution in [2.75, 3.05) is 5.73 Å². The predicted octanol–water partition coefficient (Wildman–Crippen LogP) is 2.65. The van der Waals surface area contributed by atoms with E-state index in [2.05, 4.69) is 9.97 Å². The topological polar surface area (TPSA) is 51.8 Å². The Morgan fingerprint density at radius 2 is 1.88 bits per heavy atom. The SMILES string of the molecule is CC(C)(C)c1nc(N)nc2cc(F)ccc12. The van der Waals surface area contributed by atoms with E-state index in [-0.39, 0.29) is 17.2 Å². The zero-order valence-electron chi connectivity index (χ0n) is 9.58. The lowest BCUT2D eigenvalue weighted by Crippen LogP contribution is -2.16. The first-order valence-corrected chi connectivity index (χ1v) is 5.11. The Morgan fingerprint density at radius 1 is 1.19 bits per heavy atom. The summed E-state index contributed by atoms with van der Waals surface area (Å²) >= 11 is 0. The molecule has 0 unspecified atom stereocenters. The quantitative estimate of drug-likeness (QED) is 0.741. The fourth-order valence-corrected chi connectivity index (χ4v) is 1.69. The fraction of sp³-hybridized carbons (Fsp3) is 0.333. The van der Waals surface area contributed by atoms with Crippen LogP contribution < -0.4 is 5.73 Å². The molecule has 16 heavy (non-hydrogen) atoms. The summed E-state index contributed by atoms with van der Waals surface area (Å²) in [6.45, 7) is 6.12. The number of nitrogens with two attached hydrogens (primary N) is 1. The minimum atomic E-state index is -0.314. The van der Waals surface area contributed by atoms with Gasteiger partial charge in [-0.15, -0.1) is 0 Å². The van der Waals surface area contributed by atoms with Crippen molar-refractivity contribution in [3.05, 3.63) is 29.7 Å². The van der Waals surface area contributed by atoms with Gasteiger partial charge in [-0.2, -0.15) is 0 Å². The maximum Gasteiger partial charge on any atom is 0.220 e. The van der Waals surface area contributed by atoms with Gasteiger partial charge in [0.1, 0.15) is 5.82 Å². The van der Waals surface area contributed by atoms with Crippen molar-refractivity contribution in [1.29, 1.82) is 0 Å². The highest BCUT2D eigenvalue weighted by atomic mass is 19.1. The molecule has 3 nitrogen and oxygen atoms in total. The molecule has 0 amide bonds. The number of aromatic nitrogens is 2. The van der Waals surface area contributed by atoms with Gasteiger partial charge in [0.15, 0.2) is 0 Å². The minimum Gasteiger partial charge on any atom is -0.368 e. The highest BCUT2D eigenvalue weighted by Gasteiger charge is 2.20. The summed E-state index contributed by atoms with van der Waals surface area (Å²) in [5, 5.41) is 0.850. The van der Waals surface area contributed by atoms with Crippen LogP contribution in [0.5, 0.6) is 0 Å². The number of nitrogen functional groups attached to an aromatic ring is 1. The first-order chi connectivity index (χ1) is 7.38. The lowest BCUT2D eigenvalue weighted by Gasteiger charge is -2.19. The predicted molar refractivity (Wildman–Crippen MR) is 62.6 cm³/mol. The Hall–Kier alpha value is -1.71. The highest BCUT2D eigenvalue weighted by molar-refractivity contribution is 5.82. The van der Waals surface area contributed by atoms with Gasteiger partial charge in [0.05, 0.1) is 11.2 Å². The minimum absolute atomic E-state index is 0.146. The van der Waals surface area contributed by atoms with Crippen LogP contribution in [-0.4, -0.2) is 9.97 Å². The van der Waals surface area contributed by atoms with Crippen molar-refractivity contribution >= 4 is 16.9 Å². The smallest absolute Gasteiger partial charge is 0.220 e. The number of hydrogen-bond acceptors (Lipinski definition) is 3. The van der Waals surface area contributed by atoms with Crippen LogP contribution in [0.15, 0.2) is 18.2 Å². The Kier molecular flexibility index (Phi) is 2.30. The average Bonchev–Trinajstić information content (AvgIpc) is 2.14. The Balaban J connectivity index is 2.83. The number of rotatable bonds is 0. The summed E-state index contributed by atoms with van der Waals surface area (Å²) in [7, 11) is 0. The number of benzene rings is 1. The summed E-state index contributed by atoms with van der Waals surface area (Å²) in [5.41, 5.74) is 6.88. The summed E-state index contributed by atoms with van der Waals surface area (Å²) in [5.74, 6) is -0.131. The maximum atomic E-state index is 13.1. The van der Waals surface area contributed by atoms with Crippen molar-refractivity contribution in [3.8, 4) is 0 Å². The number of nitrogens with zero attached hydrogens (tertiary/aromatic N) is 2. The van der Waals surface area contributed by atoms with E-state index in [1.54, 1.807) is 6.07 Å². The second-order valence-corrected chi connectivity index (χ2v) is 4.84. The molecule has 0 aliphatic heterocycles. The molecule has 2 N–H and O–H groups in total. The average molecular weight is 219 g/mol. The summed E-state index contributed by atoms with van der Waals surface area (Å²) in [6.07, 6.45) is 0. The Bertz CT molecular complexity index is 538. The molecule has 0 bridgehead atoms. The summed E-state index contributed by atoms with van der Waals surface area (Å²) < 4.78 is 13.1. The molecule has 2 aromatic rings. The molecule has 0 aliphatic rings. The van der Waals surface area contributed by atoms with E-state index in [0.29, 0.717) is 5.52 Å². The first-order valence-electron chi connectivity index (χ1n) is 5.11. The van der Waals surface area contributed by atoms with Gasteiger partial charge in [0.2, 0.25) is 5.95 Å². The zero-order chi connectivity index (χ0) is 11.9. The molecule has 0 saturated heterocycles. The third-order valence-electron chi connectivity index (χ3n) is 2.39. The third kappa shape index (κ3) is 1.83. The molecule has 1 aromatic carbocycles. The van der Waals surface area contributed by atoms with Crippen LogP contribution in [0.25, 0.3) is 10.9 Å². The molecule has 0 aliphatic carbocycles. The Labute approximate surface area is 93.5 Å².